The number of rotatable bonds is 6. The summed E-state index contributed by atoms with van der Waals surface area (Å²) in [7, 11) is 1.59. The molecule has 0 aliphatic heterocycles. The van der Waals surface area contributed by atoms with E-state index < -0.39 is 0 Å². The molecule has 0 saturated heterocycles. The zero-order valence-corrected chi connectivity index (χ0v) is 16.5. The van der Waals surface area contributed by atoms with Gasteiger partial charge in [-0.05, 0) is 37.6 Å². The van der Waals surface area contributed by atoms with E-state index in [1.54, 1.807) is 7.05 Å². The molecule has 1 heterocycles. The minimum Gasteiger partial charge on any atom is -0.491 e. The molecule has 0 saturated carbocycles. The van der Waals surface area contributed by atoms with Crippen molar-refractivity contribution in [2.24, 2.45) is 0 Å². The van der Waals surface area contributed by atoms with Gasteiger partial charge < -0.3 is 19.8 Å². The van der Waals surface area contributed by atoms with E-state index in [2.05, 4.69) is 10.6 Å². The van der Waals surface area contributed by atoms with Gasteiger partial charge in [0.25, 0.3) is 5.91 Å². The number of benzene rings is 2. The van der Waals surface area contributed by atoms with Crippen LogP contribution >= 0.6 is 0 Å². The van der Waals surface area contributed by atoms with Gasteiger partial charge in [0.05, 0.1) is 11.7 Å². The first-order valence-electron chi connectivity index (χ1n) is 9.18. The van der Waals surface area contributed by atoms with Crippen LogP contribution in [0.3, 0.4) is 0 Å². The van der Waals surface area contributed by atoms with Crippen LogP contribution in [0.2, 0.25) is 0 Å². The molecule has 0 radical (unpaired) electrons. The zero-order valence-electron chi connectivity index (χ0n) is 16.5. The predicted molar refractivity (Wildman–Crippen MR) is 108 cm³/mol. The standard InChI is InChI=1S/C22H24N2O4/c1-13(2)27-17-9-10-19-18(11-17)20(22(26)23-4)21(28-19)16-7-5-15(6-8-16)12-24-14(3)25/h5-11,13H,12H2,1-4H3,(H,23,26)(H,24,25). The van der Waals surface area contributed by atoms with E-state index >= 15 is 0 Å². The molecular formula is C22H24N2O4. The summed E-state index contributed by atoms with van der Waals surface area (Å²) < 4.78 is 11.8. The minimum absolute atomic E-state index is 0.0310. The summed E-state index contributed by atoms with van der Waals surface area (Å²) >= 11 is 0. The molecule has 3 rings (SSSR count). The SMILES string of the molecule is CNC(=O)c1c(-c2ccc(CNC(C)=O)cc2)oc2ccc(OC(C)C)cc12. The third-order valence-corrected chi connectivity index (χ3v) is 4.24. The Morgan fingerprint density at radius 1 is 1.11 bits per heavy atom. The second-order valence-electron chi connectivity index (χ2n) is 6.82. The van der Waals surface area contributed by atoms with Crippen LogP contribution in [0.25, 0.3) is 22.3 Å². The van der Waals surface area contributed by atoms with Crippen LogP contribution < -0.4 is 15.4 Å². The summed E-state index contributed by atoms with van der Waals surface area (Å²) in [6, 6.07) is 13.0. The lowest BCUT2D eigenvalue weighted by atomic mass is 10.0. The first-order chi connectivity index (χ1) is 13.4. The van der Waals surface area contributed by atoms with E-state index in [1.807, 2.05) is 56.3 Å². The quantitative estimate of drug-likeness (QED) is 0.680. The first-order valence-corrected chi connectivity index (χ1v) is 9.18. The smallest absolute Gasteiger partial charge is 0.255 e. The Kier molecular flexibility index (Phi) is 5.68. The van der Waals surface area contributed by atoms with Crippen LogP contribution in [0, 0.1) is 0 Å². The number of carbonyl (C=O) groups is 2. The summed E-state index contributed by atoms with van der Waals surface area (Å²) in [5.74, 6) is 0.883. The largest absolute Gasteiger partial charge is 0.491 e. The van der Waals surface area contributed by atoms with Crippen LogP contribution in [0.4, 0.5) is 0 Å². The van der Waals surface area contributed by atoms with Crippen molar-refractivity contribution in [1.29, 1.82) is 0 Å². The highest BCUT2D eigenvalue weighted by molar-refractivity contribution is 6.11. The van der Waals surface area contributed by atoms with E-state index in [-0.39, 0.29) is 17.9 Å². The topological polar surface area (TPSA) is 80.6 Å². The van der Waals surface area contributed by atoms with Crippen LogP contribution in [-0.4, -0.2) is 25.0 Å². The van der Waals surface area contributed by atoms with Gasteiger partial charge in [-0.1, -0.05) is 24.3 Å². The van der Waals surface area contributed by atoms with E-state index in [0.29, 0.717) is 34.6 Å². The van der Waals surface area contributed by atoms with Crippen molar-refractivity contribution in [3.63, 3.8) is 0 Å². The van der Waals surface area contributed by atoms with E-state index in [4.69, 9.17) is 9.15 Å². The van der Waals surface area contributed by atoms with Gasteiger partial charge in [-0.15, -0.1) is 0 Å². The lowest BCUT2D eigenvalue weighted by Gasteiger charge is -2.09. The zero-order chi connectivity index (χ0) is 20.3. The average molecular weight is 380 g/mol. The lowest BCUT2D eigenvalue weighted by Crippen LogP contribution is -2.19. The molecule has 1 aromatic heterocycles. The molecule has 0 aliphatic rings. The molecule has 146 valence electrons. The highest BCUT2D eigenvalue weighted by Crippen LogP contribution is 2.35. The molecule has 0 aliphatic carbocycles. The highest BCUT2D eigenvalue weighted by Gasteiger charge is 2.22. The van der Waals surface area contributed by atoms with E-state index in [9.17, 15) is 9.59 Å². The number of fused-ring (bicyclic) bond motifs is 1. The molecule has 0 atom stereocenters. The number of furan rings is 1. The van der Waals surface area contributed by atoms with Crippen molar-refractivity contribution in [2.45, 2.75) is 33.4 Å². The Morgan fingerprint density at radius 2 is 1.82 bits per heavy atom. The summed E-state index contributed by atoms with van der Waals surface area (Å²) in [4.78, 5) is 23.7. The van der Waals surface area contributed by atoms with Gasteiger partial charge >= 0.3 is 0 Å². The molecule has 0 unspecified atom stereocenters. The number of hydrogen-bond donors (Lipinski definition) is 2. The molecule has 0 spiro atoms. The van der Waals surface area contributed by atoms with E-state index in [0.717, 1.165) is 11.1 Å². The number of nitrogens with one attached hydrogen (secondary N) is 2. The molecule has 2 aromatic carbocycles. The van der Waals surface area contributed by atoms with Crippen molar-refractivity contribution in [3.8, 4) is 17.1 Å². The molecule has 3 aromatic rings. The third-order valence-electron chi connectivity index (χ3n) is 4.24. The molecule has 6 nitrogen and oxygen atoms in total. The Hall–Kier alpha value is -3.28. The maximum atomic E-state index is 12.6. The third kappa shape index (κ3) is 4.17. The van der Waals surface area contributed by atoms with Crippen LogP contribution in [0.15, 0.2) is 46.9 Å². The van der Waals surface area contributed by atoms with Gasteiger partial charge in [-0.2, -0.15) is 0 Å². The molecule has 6 heteroatoms. The van der Waals surface area contributed by atoms with Crippen LogP contribution in [-0.2, 0) is 11.3 Å². The Labute approximate surface area is 163 Å². The molecular weight excluding hydrogens is 356 g/mol. The normalized spacial score (nSPS) is 10.9. The Morgan fingerprint density at radius 3 is 2.43 bits per heavy atom. The lowest BCUT2D eigenvalue weighted by molar-refractivity contribution is -0.119. The molecule has 0 fully saturated rings. The monoisotopic (exact) mass is 380 g/mol. The Bertz CT molecular complexity index is 1000. The van der Waals surface area contributed by atoms with Crippen molar-refractivity contribution >= 4 is 22.8 Å². The molecule has 2 amide bonds. The highest BCUT2D eigenvalue weighted by atomic mass is 16.5. The number of ether oxygens (including phenoxy) is 1. The second kappa shape index (κ2) is 8.17. The summed E-state index contributed by atoms with van der Waals surface area (Å²) in [5, 5.41) is 6.15. The summed E-state index contributed by atoms with van der Waals surface area (Å²) in [6.45, 7) is 5.84. The number of amides is 2. The van der Waals surface area contributed by atoms with Gasteiger partial charge in [-0.3, -0.25) is 9.59 Å². The Balaban J connectivity index is 2.04. The second-order valence-corrected chi connectivity index (χ2v) is 6.82. The fourth-order valence-electron chi connectivity index (χ4n) is 2.98. The fraction of sp³-hybridized carbons (Fsp3) is 0.273. The molecule has 0 bridgehead atoms. The first kappa shape index (κ1) is 19.5. The minimum atomic E-state index is -0.224. The van der Waals surface area contributed by atoms with Gasteiger partial charge in [0.2, 0.25) is 5.91 Å². The van der Waals surface area contributed by atoms with Gasteiger partial charge in [0.1, 0.15) is 17.1 Å². The predicted octanol–water partition coefficient (Wildman–Crippen LogP) is 3.88. The van der Waals surface area contributed by atoms with Crippen LogP contribution in [0.1, 0.15) is 36.7 Å². The molecule has 2 N–H and O–H groups in total. The number of carbonyl (C=O) groups excluding carboxylic acids is 2. The van der Waals surface area contributed by atoms with Gasteiger partial charge in [-0.25, -0.2) is 0 Å². The van der Waals surface area contributed by atoms with Crippen molar-refractivity contribution in [3.05, 3.63) is 53.6 Å². The van der Waals surface area contributed by atoms with Gasteiger partial charge in [0.15, 0.2) is 0 Å². The maximum absolute atomic E-state index is 12.6. The average Bonchev–Trinajstić information content (AvgIpc) is 3.04. The van der Waals surface area contributed by atoms with Gasteiger partial charge in [0, 0.05) is 31.5 Å². The number of hydrogen-bond acceptors (Lipinski definition) is 4. The molecule has 28 heavy (non-hydrogen) atoms. The van der Waals surface area contributed by atoms with Crippen molar-refractivity contribution in [1.82, 2.24) is 10.6 Å². The summed E-state index contributed by atoms with van der Waals surface area (Å²) in [6.07, 6.45) is 0.0310. The summed E-state index contributed by atoms with van der Waals surface area (Å²) in [5.41, 5.74) is 2.84. The van der Waals surface area contributed by atoms with E-state index in [1.165, 1.54) is 6.92 Å². The fourth-order valence-corrected chi connectivity index (χ4v) is 2.98. The van der Waals surface area contributed by atoms with Crippen molar-refractivity contribution < 1.29 is 18.7 Å². The maximum Gasteiger partial charge on any atom is 0.255 e. The van der Waals surface area contributed by atoms with Crippen LogP contribution in [0.5, 0.6) is 5.75 Å². The van der Waals surface area contributed by atoms with Crippen molar-refractivity contribution in [2.75, 3.05) is 7.05 Å².